The van der Waals surface area contributed by atoms with Crippen LogP contribution in [0.2, 0.25) is 0 Å². The molecule has 3 rings (SSSR count). The summed E-state index contributed by atoms with van der Waals surface area (Å²) in [4.78, 5) is 2.46. The normalized spacial score (nSPS) is 24.1. The Morgan fingerprint density at radius 1 is 1.15 bits per heavy atom. The Morgan fingerprint density at radius 2 is 1.85 bits per heavy atom. The van der Waals surface area contributed by atoms with Crippen molar-refractivity contribution in [3.8, 4) is 11.5 Å². The third kappa shape index (κ3) is 2.12. The first-order valence-electron chi connectivity index (χ1n) is 6.95. The number of hydrogen-bond donors (Lipinski definition) is 1. The van der Waals surface area contributed by atoms with E-state index in [1.54, 1.807) is 14.2 Å². The Labute approximate surface area is 118 Å². The van der Waals surface area contributed by atoms with Gasteiger partial charge >= 0.3 is 0 Å². The number of rotatable bonds is 2. The number of ether oxygens (including phenoxy) is 2. The molecule has 0 amide bonds. The molecule has 1 fully saturated rings. The van der Waals surface area contributed by atoms with E-state index >= 15 is 0 Å². The van der Waals surface area contributed by atoms with Crippen LogP contribution in [0.15, 0.2) is 17.3 Å². The molecule has 1 unspecified atom stereocenters. The fraction of sp³-hybridized carbons (Fsp3) is 0.533. The van der Waals surface area contributed by atoms with Gasteiger partial charge in [0.15, 0.2) is 11.5 Å². The van der Waals surface area contributed by atoms with Crippen molar-refractivity contribution < 1.29 is 14.7 Å². The Kier molecular flexibility index (Phi) is 3.53. The molecule has 5 nitrogen and oxygen atoms in total. The molecule has 5 heteroatoms. The number of piperidine rings is 1. The summed E-state index contributed by atoms with van der Waals surface area (Å²) in [5.41, 5.74) is 3.46. The van der Waals surface area contributed by atoms with Gasteiger partial charge in [0.25, 0.3) is 0 Å². The largest absolute Gasteiger partial charge is 0.493 e. The van der Waals surface area contributed by atoms with Gasteiger partial charge in [-0.25, -0.2) is 0 Å². The van der Waals surface area contributed by atoms with Gasteiger partial charge in [0, 0.05) is 32.0 Å². The van der Waals surface area contributed by atoms with Crippen molar-refractivity contribution in [2.24, 2.45) is 5.16 Å². The van der Waals surface area contributed by atoms with Gasteiger partial charge in [-0.3, -0.25) is 4.90 Å². The number of methoxy groups -OCH3 is 2. The SMILES string of the molecule is COc1cc2c(cc1OC)C1C/C(=N/O)CCN1CC2. The molecular weight excluding hydrogens is 256 g/mol. The first kappa shape index (κ1) is 13.2. The molecule has 1 aromatic rings. The highest BCUT2D eigenvalue weighted by atomic mass is 16.5. The van der Waals surface area contributed by atoms with E-state index in [-0.39, 0.29) is 0 Å². The Balaban J connectivity index is 2.01. The van der Waals surface area contributed by atoms with Crippen molar-refractivity contribution in [2.45, 2.75) is 25.3 Å². The monoisotopic (exact) mass is 276 g/mol. The van der Waals surface area contributed by atoms with Gasteiger partial charge in [-0.1, -0.05) is 5.16 Å². The van der Waals surface area contributed by atoms with Crippen LogP contribution < -0.4 is 9.47 Å². The van der Waals surface area contributed by atoms with Crippen molar-refractivity contribution in [1.29, 1.82) is 0 Å². The first-order valence-corrected chi connectivity index (χ1v) is 6.95. The van der Waals surface area contributed by atoms with Crippen LogP contribution in [0.4, 0.5) is 0 Å². The quantitative estimate of drug-likeness (QED) is 0.665. The third-order valence-electron chi connectivity index (χ3n) is 4.37. The van der Waals surface area contributed by atoms with Gasteiger partial charge in [0.2, 0.25) is 0 Å². The van der Waals surface area contributed by atoms with Crippen LogP contribution in [0.5, 0.6) is 11.5 Å². The summed E-state index contributed by atoms with van der Waals surface area (Å²) in [5.74, 6) is 1.55. The van der Waals surface area contributed by atoms with Gasteiger partial charge in [0.1, 0.15) is 0 Å². The Morgan fingerprint density at radius 3 is 2.55 bits per heavy atom. The van der Waals surface area contributed by atoms with Crippen molar-refractivity contribution in [1.82, 2.24) is 4.90 Å². The van der Waals surface area contributed by atoms with Crippen LogP contribution in [-0.2, 0) is 6.42 Å². The molecule has 1 atom stereocenters. The molecule has 2 aliphatic rings. The average Bonchev–Trinajstić information content (AvgIpc) is 2.52. The van der Waals surface area contributed by atoms with Gasteiger partial charge < -0.3 is 14.7 Å². The van der Waals surface area contributed by atoms with Crippen LogP contribution in [0.3, 0.4) is 0 Å². The number of benzene rings is 1. The van der Waals surface area contributed by atoms with Crippen molar-refractivity contribution >= 4 is 5.71 Å². The lowest BCUT2D eigenvalue weighted by molar-refractivity contribution is 0.176. The fourth-order valence-corrected chi connectivity index (χ4v) is 3.28. The minimum atomic E-state index is 0.290. The number of oxime groups is 1. The van der Waals surface area contributed by atoms with Gasteiger partial charge in [-0.15, -0.1) is 0 Å². The summed E-state index contributed by atoms with van der Waals surface area (Å²) < 4.78 is 10.8. The van der Waals surface area contributed by atoms with Crippen LogP contribution in [0, 0.1) is 0 Å². The van der Waals surface area contributed by atoms with E-state index in [1.165, 1.54) is 11.1 Å². The number of hydrogen-bond acceptors (Lipinski definition) is 5. The Hall–Kier alpha value is -1.75. The summed E-state index contributed by atoms with van der Waals surface area (Å²) >= 11 is 0. The highest BCUT2D eigenvalue weighted by Crippen LogP contribution is 2.41. The molecule has 0 saturated carbocycles. The summed E-state index contributed by atoms with van der Waals surface area (Å²) in [5, 5.41) is 12.5. The fourth-order valence-electron chi connectivity index (χ4n) is 3.28. The molecule has 0 bridgehead atoms. The minimum absolute atomic E-state index is 0.290. The maximum Gasteiger partial charge on any atom is 0.161 e. The summed E-state index contributed by atoms with van der Waals surface area (Å²) in [6.45, 7) is 2.00. The van der Waals surface area contributed by atoms with Crippen LogP contribution in [0.1, 0.15) is 30.0 Å². The van der Waals surface area contributed by atoms with E-state index in [0.29, 0.717) is 6.04 Å². The highest BCUT2D eigenvalue weighted by molar-refractivity contribution is 5.85. The molecule has 108 valence electrons. The molecule has 0 aromatic heterocycles. The standard InChI is InChI=1S/C15H20N2O3/c1-19-14-7-10-3-5-17-6-4-11(16-18)8-13(17)12(10)9-15(14)20-2/h7,9,13,18H,3-6,8H2,1-2H3/b16-11+. The average molecular weight is 276 g/mol. The summed E-state index contributed by atoms with van der Waals surface area (Å²) in [6.07, 6.45) is 2.67. The Bertz CT molecular complexity index is 542. The maximum absolute atomic E-state index is 9.04. The van der Waals surface area contributed by atoms with Crippen molar-refractivity contribution in [3.63, 3.8) is 0 Å². The molecule has 2 aliphatic heterocycles. The molecule has 20 heavy (non-hydrogen) atoms. The third-order valence-corrected chi connectivity index (χ3v) is 4.37. The van der Waals surface area contributed by atoms with Crippen LogP contribution >= 0.6 is 0 Å². The predicted octanol–water partition coefficient (Wildman–Crippen LogP) is 2.23. The summed E-state index contributed by atoms with van der Waals surface area (Å²) in [6, 6.07) is 4.44. The molecular formula is C15H20N2O3. The second-order valence-electron chi connectivity index (χ2n) is 5.33. The lowest BCUT2D eigenvalue weighted by atomic mass is 9.86. The molecule has 1 saturated heterocycles. The zero-order valence-electron chi connectivity index (χ0n) is 11.9. The smallest absolute Gasteiger partial charge is 0.161 e. The maximum atomic E-state index is 9.04. The molecule has 1 aromatic carbocycles. The van der Waals surface area contributed by atoms with Gasteiger partial charge in [-0.2, -0.15) is 0 Å². The number of fused-ring (bicyclic) bond motifs is 3. The van der Waals surface area contributed by atoms with E-state index in [9.17, 15) is 0 Å². The second-order valence-corrected chi connectivity index (χ2v) is 5.33. The molecule has 0 aliphatic carbocycles. The molecule has 2 heterocycles. The second kappa shape index (κ2) is 5.32. The minimum Gasteiger partial charge on any atom is -0.493 e. The van der Waals surface area contributed by atoms with Gasteiger partial charge in [-0.05, 0) is 29.7 Å². The molecule has 1 N–H and O–H groups in total. The number of nitrogens with zero attached hydrogens (tertiary/aromatic N) is 2. The van der Waals surface area contributed by atoms with Gasteiger partial charge in [0.05, 0.1) is 19.9 Å². The summed E-state index contributed by atoms with van der Waals surface area (Å²) in [7, 11) is 3.32. The first-order chi connectivity index (χ1) is 9.76. The zero-order chi connectivity index (χ0) is 14.1. The van der Waals surface area contributed by atoms with Crippen LogP contribution in [0.25, 0.3) is 0 Å². The molecule has 0 radical (unpaired) electrons. The highest BCUT2D eigenvalue weighted by Gasteiger charge is 2.33. The van der Waals surface area contributed by atoms with E-state index in [1.807, 2.05) is 0 Å². The van der Waals surface area contributed by atoms with Crippen LogP contribution in [-0.4, -0.2) is 43.1 Å². The lowest BCUT2D eigenvalue weighted by Gasteiger charge is -2.40. The van der Waals surface area contributed by atoms with E-state index < -0.39 is 0 Å². The topological polar surface area (TPSA) is 54.3 Å². The van der Waals surface area contributed by atoms with Crippen molar-refractivity contribution in [3.05, 3.63) is 23.3 Å². The van der Waals surface area contributed by atoms with E-state index in [4.69, 9.17) is 14.7 Å². The lowest BCUT2D eigenvalue weighted by Crippen LogP contribution is -2.41. The predicted molar refractivity (Wildman–Crippen MR) is 76.0 cm³/mol. The van der Waals surface area contributed by atoms with E-state index in [0.717, 1.165) is 49.6 Å². The van der Waals surface area contributed by atoms with E-state index in [2.05, 4.69) is 22.2 Å². The molecule has 0 spiro atoms. The van der Waals surface area contributed by atoms with Crippen molar-refractivity contribution in [2.75, 3.05) is 27.3 Å². The zero-order valence-corrected chi connectivity index (χ0v) is 11.9.